The second-order valence-corrected chi connectivity index (χ2v) is 4.97. The number of amides is 2. The van der Waals surface area contributed by atoms with Crippen molar-refractivity contribution >= 4 is 12.0 Å². The Hall–Kier alpha value is -1.34. The quantitative estimate of drug-likeness (QED) is 0.758. The first kappa shape index (κ1) is 14.1. The summed E-state index contributed by atoms with van der Waals surface area (Å²) in [7, 11) is 0. The van der Waals surface area contributed by atoms with Crippen LogP contribution in [0.1, 0.15) is 19.8 Å². The molecule has 0 spiro atoms. The van der Waals surface area contributed by atoms with Crippen LogP contribution in [0.2, 0.25) is 0 Å². The number of nitrogens with one attached hydrogen (secondary N) is 1. The standard InChI is InChI=1S/C12H20N2O5/c1-8-7-18-5-4-14(8)12(17)13-6-9-2-3-10(19-9)11(15)16/h8-10H,2-7H2,1H3,(H,13,17)(H,15,16). The van der Waals surface area contributed by atoms with Gasteiger partial charge in [-0.3, -0.25) is 0 Å². The zero-order chi connectivity index (χ0) is 13.8. The van der Waals surface area contributed by atoms with Crippen LogP contribution in [0.4, 0.5) is 4.79 Å². The van der Waals surface area contributed by atoms with Crippen molar-refractivity contribution in [3.63, 3.8) is 0 Å². The van der Waals surface area contributed by atoms with Gasteiger partial charge in [-0.25, -0.2) is 9.59 Å². The minimum atomic E-state index is -0.935. The highest BCUT2D eigenvalue weighted by Crippen LogP contribution is 2.19. The van der Waals surface area contributed by atoms with Gasteiger partial charge in [0, 0.05) is 13.1 Å². The molecule has 2 aliphatic heterocycles. The first-order valence-electron chi connectivity index (χ1n) is 6.58. The summed E-state index contributed by atoms with van der Waals surface area (Å²) in [5.74, 6) is -0.935. The van der Waals surface area contributed by atoms with Gasteiger partial charge in [-0.2, -0.15) is 0 Å². The van der Waals surface area contributed by atoms with E-state index >= 15 is 0 Å². The third kappa shape index (κ3) is 3.57. The Morgan fingerprint density at radius 3 is 2.84 bits per heavy atom. The predicted molar refractivity (Wildman–Crippen MR) is 65.9 cm³/mol. The summed E-state index contributed by atoms with van der Waals surface area (Å²) in [5, 5.41) is 11.6. The summed E-state index contributed by atoms with van der Waals surface area (Å²) in [6, 6.07) is -0.0804. The van der Waals surface area contributed by atoms with Crippen LogP contribution in [0.3, 0.4) is 0 Å². The fraction of sp³-hybridized carbons (Fsp3) is 0.833. The molecule has 0 aliphatic carbocycles. The molecule has 0 aromatic rings. The second kappa shape index (κ2) is 6.21. The summed E-state index contributed by atoms with van der Waals surface area (Å²) in [5.41, 5.74) is 0. The molecule has 0 radical (unpaired) electrons. The van der Waals surface area contributed by atoms with E-state index < -0.39 is 12.1 Å². The van der Waals surface area contributed by atoms with Gasteiger partial charge in [-0.05, 0) is 19.8 Å². The number of hydrogen-bond acceptors (Lipinski definition) is 4. The lowest BCUT2D eigenvalue weighted by molar-refractivity contribution is -0.149. The highest BCUT2D eigenvalue weighted by Gasteiger charge is 2.31. The van der Waals surface area contributed by atoms with E-state index in [0.29, 0.717) is 39.1 Å². The van der Waals surface area contributed by atoms with Crippen LogP contribution in [0.5, 0.6) is 0 Å². The second-order valence-electron chi connectivity index (χ2n) is 4.97. The molecule has 2 fully saturated rings. The molecule has 19 heavy (non-hydrogen) atoms. The summed E-state index contributed by atoms with van der Waals surface area (Å²) < 4.78 is 10.6. The largest absolute Gasteiger partial charge is 0.479 e. The van der Waals surface area contributed by atoms with E-state index in [1.54, 1.807) is 4.90 Å². The number of ether oxygens (including phenoxy) is 2. The molecule has 3 atom stereocenters. The molecule has 0 saturated carbocycles. The Bertz CT molecular complexity index is 349. The van der Waals surface area contributed by atoms with Gasteiger partial charge < -0.3 is 24.8 Å². The molecule has 2 rings (SSSR count). The van der Waals surface area contributed by atoms with Crippen LogP contribution in [0, 0.1) is 0 Å². The van der Waals surface area contributed by atoms with Crippen molar-refractivity contribution in [3.8, 4) is 0 Å². The van der Waals surface area contributed by atoms with Gasteiger partial charge in [0.15, 0.2) is 6.10 Å². The van der Waals surface area contributed by atoms with Crippen molar-refractivity contribution in [3.05, 3.63) is 0 Å². The zero-order valence-electron chi connectivity index (χ0n) is 11.0. The molecule has 2 aliphatic rings. The molecule has 3 unspecified atom stereocenters. The van der Waals surface area contributed by atoms with Crippen molar-refractivity contribution in [2.45, 2.75) is 38.0 Å². The summed E-state index contributed by atoms with van der Waals surface area (Å²) >= 11 is 0. The highest BCUT2D eigenvalue weighted by molar-refractivity contribution is 5.75. The number of rotatable bonds is 3. The maximum absolute atomic E-state index is 12.0. The molecular weight excluding hydrogens is 252 g/mol. The van der Waals surface area contributed by atoms with Crippen LogP contribution >= 0.6 is 0 Å². The monoisotopic (exact) mass is 272 g/mol. The van der Waals surface area contributed by atoms with Crippen LogP contribution in [0.15, 0.2) is 0 Å². The molecule has 0 aromatic carbocycles. The van der Waals surface area contributed by atoms with Gasteiger partial charge in [-0.1, -0.05) is 0 Å². The summed E-state index contributed by atoms with van der Waals surface area (Å²) in [6.45, 7) is 3.97. The normalized spacial score (nSPS) is 31.2. The maximum atomic E-state index is 12.0. The highest BCUT2D eigenvalue weighted by atomic mass is 16.5. The zero-order valence-corrected chi connectivity index (χ0v) is 11.0. The predicted octanol–water partition coefficient (Wildman–Crippen LogP) is 0.0489. The summed E-state index contributed by atoms with van der Waals surface area (Å²) in [4.78, 5) is 24.4. The Morgan fingerprint density at radius 2 is 2.21 bits per heavy atom. The van der Waals surface area contributed by atoms with E-state index in [0.717, 1.165) is 0 Å². The molecule has 2 heterocycles. The van der Waals surface area contributed by atoms with Crippen LogP contribution in [-0.4, -0.2) is 66.6 Å². The van der Waals surface area contributed by atoms with Gasteiger partial charge in [0.2, 0.25) is 0 Å². The van der Waals surface area contributed by atoms with Crippen LogP contribution in [0.25, 0.3) is 0 Å². The van der Waals surface area contributed by atoms with Gasteiger partial charge >= 0.3 is 12.0 Å². The lowest BCUT2D eigenvalue weighted by Gasteiger charge is -2.33. The molecule has 0 bridgehead atoms. The van der Waals surface area contributed by atoms with Crippen LogP contribution < -0.4 is 5.32 Å². The Kier molecular flexibility index (Phi) is 4.60. The fourth-order valence-corrected chi connectivity index (χ4v) is 2.37. The van der Waals surface area contributed by atoms with E-state index in [-0.39, 0.29) is 18.2 Å². The van der Waals surface area contributed by atoms with Crippen molar-refractivity contribution in [2.24, 2.45) is 0 Å². The average Bonchev–Trinajstić information content (AvgIpc) is 2.85. The van der Waals surface area contributed by atoms with Gasteiger partial charge in [-0.15, -0.1) is 0 Å². The lowest BCUT2D eigenvalue weighted by atomic mass is 10.2. The van der Waals surface area contributed by atoms with E-state index in [1.807, 2.05) is 6.92 Å². The van der Waals surface area contributed by atoms with Gasteiger partial charge in [0.05, 0.1) is 25.4 Å². The topological polar surface area (TPSA) is 88.1 Å². The molecule has 0 aromatic heterocycles. The van der Waals surface area contributed by atoms with Gasteiger partial charge in [0.25, 0.3) is 0 Å². The molecule has 2 N–H and O–H groups in total. The van der Waals surface area contributed by atoms with Crippen LogP contribution in [-0.2, 0) is 14.3 Å². The Balaban J connectivity index is 1.73. The molecule has 108 valence electrons. The number of nitrogens with zero attached hydrogens (tertiary/aromatic N) is 1. The molecule has 7 heteroatoms. The first-order chi connectivity index (χ1) is 9.08. The van der Waals surface area contributed by atoms with E-state index in [1.165, 1.54) is 0 Å². The van der Waals surface area contributed by atoms with E-state index in [2.05, 4.69) is 5.32 Å². The number of urea groups is 1. The minimum absolute atomic E-state index is 0.0602. The molecule has 2 amide bonds. The smallest absolute Gasteiger partial charge is 0.332 e. The number of carboxylic acids is 1. The molecule has 7 nitrogen and oxygen atoms in total. The van der Waals surface area contributed by atoms with E-state index in [4.69, 9.17) is 14.6 Å². The number of carbonyl (C=O) groups is 2. The number of hydrogen-bond donors (Lipinski definition) is 2. The molecular formula is C12H20N2O5. The third-order valence-corrected chi connectivity index (χ3v) is 3.49. The van der Waals surface area contributed by atoms with Crippen molar-refractivity contribution in [1.29, 1.82) is 0 Å². The van der Waals surface area contributed by atoms with Crippen molar-refractivity contribution in [1.82, 2.24) is 10.2 Å². The Morgan fingerprint density at radius 1 is 1.42 bits per heavy atom. The SMILES string of the molecule is CC1COCCN1C(=O)NCC1CCC(C(=O)O)O1. The Labute approximate surface area is 111 Å². The fourth-order valence-electron chi connectivity index (χ4n) is 2.37. The number of morpholine rings is 1. The van der Waals surface area contributed by atoms with Crippen molar-refractivity contribution < 1.29 is 24.2 Å². The molecule has 2 saturated heterocycles. The number of carbonyl (C=O) groups excluding carboxylic acids is 1. The average molecular weight is 272 g/mol. The number of carboxylic acid groups (broad SMARTS) is 1. The van der Waals surface area contributed by atoms with Crippen molar-refractivity contribution in [2.75, 3.05) is 26.3 Å². The van der Waals surface area contributed by atoms with Gasteiger partial charge in [0.1, 0.15) is 0 Å². The minimum Gasteiger partial charge on any atom is -0.479 e. The third-order valence-electron chi connectivity index (χ3n) is 3.49. The lowest BCUT2D eigenvalue weighted by Crippen LogP contribution is -2.52. The summed E-state index contributed by atoms with van der Waals surface area (Å²) in [6.07, 6.45) is 0.227. The number of aliphatic carboxylic acids is 1. The van der Waals surface area contributed by atoms with E-state index in [9.17, 15) is 9.59 Å². The first-order valence-corrected chi connectivity index (χ1v) is 6.58. The maximum Gasteiger partial charge on any atom is 0.332 e.